The highest BCUT2D eigenvalue weighted by Crippen LogP contribution is 2.22. The minimum Gasteiger partial charge on any atom is -0.384 e. The number of benzene rings is 1. The maximum Gasteiger partial charge on any atom is 0.265 e. The van der Waals surface area contributed by atoms with Crippen molar-refractivity contribution < 1.29 is 23.1 Å². The number of carbonyl (C=O) groups is 1. The van der Waals surface area contributed by atoms with E-state index >= 15 is 0 Å². The number of hydrogen-bond acceptors (Lipinski definition) is 3. The predicted molar refractivity (Wildman–Crippen MR) is 72.6 cm³/mol. The molecule has 0 atom stereocenters. The Hall–Kier alpha value is -2.30. The molecule has 1 heterocycles. The highest BCUT2D eigenvalue weighted by Gasteiger charge is 2.15. The summed E-state index contributed by atoms with van der Waals surface area (Å²) < 4.78 is 39.5. The zero-order chi connectivity index (χ0) is 15.4. The lowest BCUT2D eigenvalue weighted by atomic mass is 10.2. The Balaban J connectivity index is 2.20. The Kier molecular flexibility index (Phi) is 4.62. The third-order valence-electron chi connectivity index (χ3n) is 2.36. The van der Waals surface area contributed by atoms with Gasteiger partial charge >= 0.3 is 0 Å². The van der Waals surface area contributed by atoms with Gasteiger partial charge in [0.2, 0.25) is 0 Å². The second kappa shape index (κ2) is 6.43. The van der Waals surface area contributed by atoms with Crippen molar-refractivity contribution >= 4 is 22.9 Å². The average molecular weight is 311 g/mol. The van der Waals surface area contributed by atoms with Crippen molar-refractivity contribution in [3.63, 3.8) is 0 Å². The van der Waals surface area contributed by atoms with Crippen LogP contribution >= 0.6 is 11.3 Å². The number of halogens is 3. The largest absolute Gasteiger partial charge is 0.384 e. The molecule has 7 heteroatoms. The number of rotatable bonds is 2. The Bertz CT molecular complexity index is 746. The molecule has 2 aromatic rings. The monoisotopic (exact) mass is 311 g/mol. The SMILES string of the molecule is O=C(Nc1cc(F)cc(F)c1F)c1ccc(C#CCO)s1. The number of nitrogens with one attached hydrogen (secondary N) is 1. The van der Waals surface area contributed by atoms with Crippen LogP contribution in [0.2, 0.25) is 0 Å². The first kappa shape index (κ1) is 15.1. The lowest BCUT2D eigenvalue weighted by Crippen LogP contribution is -2.12. The molecule has 1 aromatic carbocycles. The molecule has 21 heavy (non-hydrogen) atoms. The molecule has 0 bridgehead atoms. The van der Waals surface area contributed by atoms with Gasteiger partial charge in [-0.05, 0) is 12.1 Å². The van der Waals surface area contributed by atoms with Gasteiger partial charge in [-0.3, -0.25) is 4.79 Å². The third-order valence-corrected chi connectivity index (χ3v) is 3.36. The topological polar surface area (TPSA) is 49.3 Å². The van der Waals surface area contributed by atoms with Gasteiger partial charge in [-0.25, -0.2) is 13.2 Å². The molecular formula is C14H8F3NO2S. The summed E-state index contributed by atoms with van der Waals surface area (Å²) in [7, 11) is 0. The molecular weight excluding hydrogens is 303 g/mol. The number of aliphatic hydroxyl groups excluding tert-OH is 1. The van der Waals surface area contributed by atoms with E-state index in [2.05, 4.69) is 17.2 Å². The molecule has 1 aromatic heterocycles. The van der Waals surface area contributed by atoms with E-state index in [1.165, 1.54) is 6.07 Å². The normalized spacial score (nSPS) is 9.90. The highest BCUT2D eigenvalue weighted by atomic mass is 32.1. The fourth-order valence-electron chi connectivity index (χ4n) is 1.48. The van der Waals surface area contributed by atoms with Gasteiger partial charge < -0.3 is 10.4 Å². The third kappa shape index (κ3) is 3.62. The van der Waals surface area contributed by atoms with Crippen LogP contribution in [0.25, 0.3) is 0 Å². The number of thiophene rings is 1. The van der Waals surface area contributed by atoms with Crippen molar-refractivity contribution in [2.45, 2.75) is 0 Å². The summed E-state index contributed by atoms with van der Waals surface area (Å²) in [5.41, 5.74) is -0.575. The Morgan fingerprint density at radius 1 is 1.29 bits per heavy atom. The molecule has 2 N–H and O–H groups in total. The molecule has 0 unspecified atom stereocenters. The summed E-state index contributed by atoms with van der Waals surface area (Å²) in [5.74, 6) is 0.605. The van der Waals surface area contributed by atoms with Gasteiger partial charge in [-0.1, -0.05) is 11.8 Å². The van der Waals surface area contributed by atoms with Gasteiger partial charge in [-0.2, -0.15) is 0 Å². The quantitative estimate of drug-likeness (QED) is 0.662. The zero-order valence-electron chi connectivity index (χ0n) is 10.4. The van der Waals surface area contributed by atoms with Crippen LogP contribution < -0.4 is 5.32 Å². The van der Waals surface area contributed by atoms with Crippen LogP contribution in [0.4, 0.5) is 18.9 Å². The van der Waals surface area contributed by atoms with Crippen LogP contribution in [0.15, 0.2) is 24.3 Å². The van der Waals surface area contributed by atoms with Crippen molar-refractivity contribution in [2.75, 3.05) is 11.9 Å². The van der Waals surface area contributed by atoms with Gasteiger partial charge in [0, 0.05) is 12.1 Å². The second-order valence-corrected chi connectivity index (χ2v) is 4.91. The molecule has 2 rings (SSSR count). The lowest BCUT2D eigenvalue weighted by molar-refractivity contribution is 0.103. The van der Waals surface area contributed by atoms with Crippen LogP contribution in [0, 0.1) is 29.3 Å². The lowest BCUT2D eigenvalue weighted by Gasteiger charge is -2.05. The van der Waals surface area contributed by atoms with Crippen molar-refractivity contribution in [2.24, 2.45) is 0 Å². The van der Waals surface area contributed by atoms with Gasteiger partial charge in [0.05, 0.1) is 15.4 Å². The van der Waals surface area contributed by atoms with E-state index in [0.717, 1.165) is 11.3 Å². The maximum absolute atomic E-state index is 13.4. The fraction of sp³-hybridized carbons (Fsp3) is 0.0714. The number of anilines is 1. The zero-order valence-corrected chi connectivity index (χ0v) is 11.2. The van der Waals surface area contributed by atoms with Gasteiger partial charge in [0.25, 0.3) is 5.91 Å². The van der Waals surface area contributed by atoms with Crippen LogP contribution in [-0.2, 0) is 0 Å². The fourth-order valence-corrected chi connectivity index (χ4v) is 2.26. The molecule has 0 aliphatic heterocycles. The Labute approximate surface area is 122 Å². The van der Waals surface area contributed by atoms with Crippen LogP contribution in [0.5, 0.6) is 0 Å². The van der Waals surface area contributed by atoms with Crippen molar-refractivity contribution in [1.82, 2.24) is 0 Å². The summed E-state index contributed by atoms with van der Waals surface area (Å²) in [6.07, 6.45) is 0. The minimum atomic E-state index is -1.38. The smallest absolute Gasteiger partial charge is 0.265 e. The molecule has 0 radical (unpaired) electrons. The maximum atomic E-state index is 13.4. The van der Waals surface area contributed by atoms with Crippen LogP contribution in [-0.4, -0.2) is 17.6 Å². The van der Waals surface area contributed by atoms with E-state index in [9.17, 15) is 18.0 Å². The summed E-state index contributed by atoms with van der Waals surface area (Å²) in [5, 5.41) is 10.7. The first-order valence-corrected chi connectivity index (χ1v) is 6.48. The first-order chi connectivity index (χ1) is 10.0. The van der Waals surface area contributed by atoms with E-state index in [0.29, 0.717) is 17.0 Å². The molecule has 1 amide bonds. The van der Waals surface area contributed by atoms with E-state index < -0.39 is 29.0 Å². The summed E-state index contributed by atoms with van der Waals surface area (Å²) in [6, 6.07) is 4.06. The molecule has 0 aliphatic carbocycles. The van der Waals surface area contributed by atoms with Crippen LogP contribution in [0.3, 0.4) is 0 Å². The molecule has 0 aliphatic rings. The number of aliphatic hydroxyl groups is 1. The number of carbonyl (C=O) groups excluding carboxylic acids is 1. The molecule has 0 fully saturated rings. The van der Waals surface area contributed by atoms with Crippen molar-refractivity contribution in [1.29, 1.82) is 0 Å². The molecule has 0 saturated carbocycles. The van der Waals surface area contributed by atoms with E-state index in [1.54, 1.807) is 6.07 Å². The molecule has 108 valence electrons. The molecule has 0 saturated heterocycles. The van der Waals surface area contributed by atoms with Gasteiger partial charge in [0.1, 0.15) is 12.4 Å². The van der Waals surface area contributed by atoms with E-state index in [-0.39, 0.29) is 11.5 Å². The average Bonchev–Trinajstić information content (AvgIpc) is 2.90. The standard InChI is InChI=1S/C14H8F3NO2S/c15-8-6-10(16)13(17)11(7-8)18-14(20)12-4-3-9(21-12)2-1-5-19/h3-4,6-7,19H,5H2,(H,18,20). The van der Waals surface area contributed by atoms with Crippen molar-refractivity contribution in [3.8, 4) is 11.8 Å². The van der Waals surface area contributed by atoms with Gasteiger partial charge in [-0.15, -0.1) is 11.3 Å². The van der Waals surface area contributed by atoms with Crippen molar-refractivity contribution in [3.05, 3.63) is 51.5 Å². The first-order valence-electron chi connectivity index (χ1n) is 5.66. The van der Waals surface area contributed by atoms with E-state index in [1.807, 2.05) is 0 Å². The van der Waals surface area contributed by atoms with Gasteiger partial charge in [0.15, 0.2) is 11.6 Å². The molecule has 3 nitrogen and oxygen atoms in total. The summed E-state index contributed by atoms with van der Waals surface area (Å²) >= 11 is 1.01. The second-order valence-electron chi connectivity index (χ2n) is 3.83. The summed E-state index contributed by atoms with van der Waals surface area (Å²) in [4.78, 5) is 12.6. The Morgan fingerprint density at radius 3 is 2.76 bits per heavy atom. The highest BCUT2D eigenvalue weighted by molar-refractivity contribution is 7.14. The Morgan fingerprint density at radius 2 is 2.05 bits per heavy atom. The summed E-state index contributed by atoms with van der Waals surface area (Å²) in [6.45, 7) is -0.312. The van der Waals surface area contributed by atoms with Crippen LogP contribution in [0.1, 0.15) is 14.5 Å². The molecule has 0 spiro atoms. The predicted octanol–water partition coefficient (Wildman–Crippen LogP) is 2.76. The number of hydrogen-bond donors (Lipinski definition) is 2. The minimum absolute atomic E-state index is 0.196. The number of amides is 1. The van der Waals surface area contributed by atoms with E-state index in [4.69, 9.17) is 5.11 Å².